The third-order valence-electron chi connectivity index (χ3n) is 6.53. The highest BCUT2D eigenvalue weighted by atomic mass is 19.4. The van der Waals surface area contributed by atoms with Crippen molar-refractivity contribution in [3.63, 3.8) is 0 Å². The number of carbonyl (C=O) groups is 2. The molecule has 1 amide bonds. The molecule has 0 aliphatic carbocycles. The maximum Gasteiger partial charge on any atom is 0.434 e. The van der Waals surface area contributed by atoms with Gasteiger partial charge in [0.15, 0.2) is 0 Å². The van der Waals surface area contributed by atoms with Crippen molar-refractivity contribution < 1.29 is 45.8 Å². The molecule has 2 fully saturated rings. The maximum atomic E-state index is 12.7. The number of carbonyl (C=O) groups excluding carboxylic acids is 1. The van der Waals surface area contributed by atoms with E-state index in [-0.39, 0.29) is 32.1 Å². The summed E-state index contributed by atoms with van der Waals surface area (Å²) >= 11 is 0. The summed E-state index contributed by atoms with van der Waals surface area (Å²) in [4.78, 5) is 28.2. The third-order valence-corrected chi connectivity index (χ3v) is 6.53. The van der Waals surface area contributed by atoms with E-state index in [4.69, 9.17) is 0 Å². The number of alkyl halides is 6. The van der Waals surface area contributed by atoms with E-state index in [0.29, 0.717) is 39.0 Å². The number of hydrogen-bond donors (Lipinski definition) is 1. The Labute approximate surface area is 204 Å². The minimum atomic E-state index is -5.75. The highest BCUT2D eigenvalue weighted by Gasteiger charge is 2.60. The number of aliphatic carboxylic acids is 1. The van der Waals surface area contributed by atoms with Crippen LogP contribution in [0.2, 0.25) is 0 Å². The Kier molecular flexibility index (Phi) is 8.75. The Balaban J connectivity index is 1.56. The predicted molar refractivity (Wildman–Crippen MR) is 116 cm³/mol. The number of amides is 1. The monoisotopic (exact) mass is 525 g/mol. The second-order valence-electron chi connectivity index (χ2n) is 9.27. The zero-order valence-electron chi connectivity index (χ0n) is 19.7. The van der Waals surface area contributed by atoms with Crippen molar-refractivity contribution in [2.75, 3.05) is 39.3 Å². The van der Waals surface area contributed by atoms with Gasteiger partial charge in [0.2, 0.25) is 0 Å². The summed E-state index contributed by atoms with van der Waals surface area (Å²) in [6, 6.07) is 5.99. The fraction of sp³-hybridized carbons (Fsp3) is 0.652. The van der Waals surface area contributed by atoms with Gasteiger partial charge < -0.3 is 14.7 Å². The van der Waals surface area contributed by atoms with Gasteiger partial charge in [0.1, 0.15) is 0 Å². The number of rotatable bonds is 6. The molecule has 1 aromatic rings. The molecule has 0 saturated carbocycles. The molecule has 1 aromatic carbocycles. The molecule has 0 unspecified atom stereocenters. The van der Waals surface area contributed by atoms with E-state index < -0.39 is 30.5 Å². The fourth-order valence-corrected chi connectivity index (χ4v) is 4.46. The molecule has 0 atom stereocenters. The van der Waals surface area contributed by atoms with E-state index in [0.717, 1.165) is 21.6 Å². The number of carboxylic acid groups (broad SMARTS) is 1. The van der Waals surface area contributed by atoms with Crippen LogP contribution in [0.5, 0.6) is 0 Å². The number of ether oxygens (including phenoxy) is 1. The van der Waals surface area contributed by atoms with Crippen LogP contribution in [0, 0.1) is 12.8 Å². The molecule has 2 aliphatic heterocycles. The number of hydrogen-bond acceptors (Lipinski definition) is 5. The lowest BCUT2D eigenvalue weighted by molar-refractivity contribution is -0.308. The van der Waals surface area contributed by atoms with Crippen molar-refractivity contribution >= 4 is 12.1 Å². The first-order chi connectivity index (χ1) is 16.7. The standard InChI is InChI=1S/C23H29F6N3O4/c1-15-2-3-17(18(12-15)14-30-6-4-16(5-7-30)19(33)34)13-31-8-10-32(11-9-31)21(35)36-20(22(24,25)26)23(27,28)29/h2-3,12,16,20H,4-11,13-14H2,1H3,(H,33,34). The third kappa shape index (κ3) is 7.48. The lowest BCUT2D eigenvalue weighted by atomic mass is 9.96. The topological polar surface area (TPSA) is 73.3 Å². The number of piperazine rings is 1. The van der Waals surface area contributed by atoms with Gasteiger partial charge in [-0.3, -0.25) is 14.6 Å². The summed E-state index contributed by atoms with van der Waals surface area (Å²) in [6.07, 6.45) is -16.1. The van der Waals surface area contributed by atoms with Gasteiger partial charge in [-0.05, 0) is 44.0 Å². The number of nitrogens with zero attached hydrogens (tertiary/aromatic N) is 3. The van der Waals surface area contributed by atoms with E-state index in [2.05, 4.69) is 15.7 Å². The fourth-order valence-electron chi connectivity index (χ4n) is 4.46. The zero-order chi connectivity index (χ0) is 26.7. The van der Waals surface area contributed by atoms with Crippen LogP contribution in [0.3, 0.4) is 0 Å². The minimum absolute atomic E-state index is 0.0643. The number of benzene rings is 1. The van der Waals surface area contributed by atoms with E-state index in [9.17, 15) is 41.0 Å². The Morgan fingerprint density at radius 3 is 1.97 bits per heavy atom. The van der Waals surface area contributed by atoms with Gasteiger partial charge in [0, 0.05) is 39.3 Å². The van der Waals surface area contributed by atoms with Gasteiger partial charge in [-0.1, -0.05) is 23.8 Å². The lowest BCUT2D eigenvalue weighted by Crippen LogP contribution is -2.52. The van der Waals surface area contributed by atoms with Crippen LogP contribution in [0.4, 0.5) is 31.1 Å². The highest BCUT2D eigenvalue weighted by Crippen LogP contribution is 2.36. The molecule has 2 saturated heterocycles. The molecule has 36 heavy (non-hydrogen) atoms. The Bertz CT molecular complexity index is 909. The molecule has 7 nitrogen and oxygen atoms in total. The number of piperidine rings is 1. The number of halogens is 6. The van der Waals surface area contributed by atoms with E-state index in [1.54, 1.807) is 0 Å². The molecular formula is C23H29F6N3O4. The molecule has 0 aromatic heterocycles. The van der Waals surface area contributed by atoms with Crippen LogP contribution in [-0.4, -0.2) is 89.6 Å². The Morgan fingerprint density at radius 1 is 0.917 bits per heavy atom. The highest BCUT2D eigenvalue weighted by molar-refractivity contribution is 5.70. The van der Waals surface area contributed by atoms with Gasteiger partial charge in [-0.2, -0.15) is 26.3 Å². The molecule has 202 valence electrons. The summed E-state index contributed by atoms with van der Waals surface area (Å²) in [5.74, 6) is -1.11. The minimum Gasteiger partial charge on any atom is -0.481 e. The first-order valence-corrected chi connectivity index (χ1v) is 11.6. The van der Waals surface area contributed by atoms with E-state index >= 15 is 0 Å². The van der Waals surface area contributed by atoms with Gasteiger partial charge >= 0.3 is 24.4 Å². The normalized spacial score (nSPS) is 19.1. The van der Waals surface area contributed by atoms with Crippen molar-refractivity contribution in [2.24, 2.45) is 5.92 Å². The number of likely N-dealkylation sites (tertiary alicyclic amines) is 1. The Hall–Kier alpha value is -2.54. The van der Waals surface area contributed by atoms with Crippen LogP contribution < -0.4 is 0 Å². The molecule has 0 spiro atoms. The molecular weight excluding hydrogens is 496 g/mol. The van der Waals surface area contributed by atoms with E-state index in [1.807, 2.05) is 24.0 Å². The van der Waals surface area contributed by atoms with Crippen molar-refractivity contribution in [1.82, 2.24) is 14.7 Å². The van der Waals surface area contributed by atoms with Crippen LogP contribution in [-0.2, 0) is 22.6 Å². The predicted octanol–water partition coefficient (Wildman–Crippen LogP) is 4.04. The van der Waals surface area contributed by atoms with Crippen molar-refractivity contribution in [3.05, 3.63) is 34.9 Å². The van der Waals surface area contributed by atoms with E-state index in [1.165, 1.54) is 0 Å². The summed E-state index contributed by atoms with van der Waals surface area (Å²) in [7, 11) is 0. The summed E-state index contributed by atoms with van der Waals surface area (Å²) in [5.41, 5.74) is 3.15. The SMILES string of the molecule is Cc1ccc(CN2CCN(C(=O)OC(C(F)(F)F)C(F)(F)F)CC2)c(CN2CCC(C(=O)O)CC2)c1. The molecule has 3 rings (SSSR count). The lowest BCUT2D eigenvalue weighted by Gasteiger charge is -2.36. The summed E-state index contributed by atoms with van der Waals surface area (Å²) < 4.78 is 79.9. The summed E-state index contributed by atoms with van der Waals surface area (Å²) in [6.45, 7) is 4.83. The first-order valence-electron chi connectivity index (χ1n) is 11.6. The Morgan fingerprint density at radius 2 is 1.44 bits per heavy atom. The van der Waals surface area contributed by atoms with Gasteiger partial charge in [0.25, 0.3) is 6.10 Å². The first kappa shape index (κ1) is 28.0. The van der Waals surface area contributed by atoms with Gasteiger partial charge in [-0.25, -0.2) is 4.79 Å². The second-order valence-corrected chi connectivity index (χ2v) is 9.27. The quantitative estimate of drug-likeness (QED) is 0.566. The van der Waals surface area contributed by atoms with Gasteiger partial charge in [-0.15, -0.1) is 0 Å². The smallest absolute Gasteiger partial charge is 0.434 e. The number of carboxylic acids is 1. The molecule has 0 radical (unpaired) electrons. The number of aryl methyl sites for hydroxylation is 1. The van der Waals surface area contributed by atoms with Gasteiger partial charge in [0.05, 0.1) is 5.92 Å². The van der Waals surface area contributed by atoms with Crippen LogP contribution in [0.25, 0.3) is 0 Å². The maximum absolute atomic E-state index is 12.7. The molecule has 0 bridgehead atoms. The molecule has 2 aliphatic rings. The van der Waals surface area contributed by atoms with Crippen molar-refractivity contribution in [2.45, 2.75) is 51.3 Å². The van der Waals surface area contributed by atoms with Crippen LogP contribution in [0.1, 0.15) is 29.5 Å². The van der Waals surface area contributed by atoms with Crippen molar-refractivity contribution in [1.29, 1.82) is 0 Å². The van der Waals surface area contributed by atoms with Crippen LogP contribution >= 0.6 is 0 Å². The second kappa shape index (κ2) is 11.2. The van der Waals surface area contributed by atoms with Crippen molar-refractivity contribution in [3.8, 4) is 0 Å². The molecule has 2 heterocycles. The average molecular weight is 525 g/mol. The van der Waals surface area contributed by atoms with Crippen LogP contribution in [0.15, 0.2) is 18.2 Å². The average Bonchev–Trinajstić information content (AvgIpc) is 2.78. The molecule has 1 N–H and O–H groups in total. The zero-order valence-corrected chi connectivity index (χ0v) is 19.7. The summed E-state index contributed by atoms with van der Waals surface area (Å²) in [5, 5.41) is 9.19. The molecule has 13 heteroatoms. The largest absolute Gasteiger partial charge is 0.481 e.